The molecule has 0 radical (unpaired) electrons. The molecule has 1 aromatic heterocycles. The van der Waals surface area contributed by atoms with Gasteiger partial charge in [0.2, 0.25) is 0 Å². The van der Waals surface area contributed by atoms with E-state index >= 15 is 0 Å². The van der Waals surface area contributed by atoms with Gasteiger partial charge >= 0.3 is 5.97 Å². The number of carboxylic acid groups (broad SMARTS) is 1. The Labute approximate surface area is 118 Å². The lowest BCUT2D eigenvalue weighted by atomic mass is 9.66. The molecule has 3 rings (SSSR count). The lowest BCUT2D eigenvalue weighted by Gasteiger charge is -2.40. The summed E-state index contributed by atoms with van der Waals surface area (Å²) in [6, 6.07) is 4.20. The van der Waals surface area contributed by atoms with Gasteiger partial charge in [-0.1, -0.05) is 6.42 Å². The Bertz CT molecular complexity index is 527. The molecule has 2 N–H and O–H groups in total. The van der Waals surface area contributed by atoms with Crippen molar-refractivity contribution in [1.29, 1.82) is 0 Å². The zero-order valence-electron chi connectivity index (χ0n) is 11.5. The Kier molecular flexibility index (Phi) is 3.28. The summed E-state index contributed by atoms with van der Waals surface area (Å²) >= 11 is 0. The molecule has 2 aliphatic rings. The van der Waals surface area contributed by atoms with Gasteiger partial charge in [0.15, 0.2) is 0 Å². The number of rotatable bonds is 6. The van der Waals surface area contributed by atoms with Gasteiger partial charge < -0.3 is 15.0 Å². The highest BCUT2D eigenvalue weighted by atomic mass is 16.4. The summed E-state index contributed by atoms with van der Waals surface area (Å²) in [5.41, 5.74) is 0.468. The third-order valence-corrected chi connectivity index (χ3v) is 4.52. The van der Waals surface area contributed by atoms with Gasteiger partial charge in [0.25, 0.3) is 5.91 Å². The molecule has 0 aromatic carbocycles. The number of carboxylic acids is 1. The fraction of sp³-hybridized carbons (Fsp3) is 0.600. The summed E-state index contributed by atoms with van der Waals surface area (Å²) in [5, 5.41) is 11.9. The summed E-state index contributed by atoms with van der Waals surface area (Å²) in [5.74, 6) is -0.862. The second kappa shape index (κ2) is 4.96. The van der Waals surface area contributed by atoms with Crippen LogP contribution in [0.3, 0.4) is 0 Å². The maximum Gasteiger partial charge on any atom is 0.303 e. The van der Waals surface area contributed by atoms with Crippen LogP contribution in [0, 0.1) is 5.41 Å². The number of aliphatic carboxylic acids is 1. The van der Waals surface area contributed by atoms with E-state index in [4.69, 9.17) is 5.11 Å². The van der Waals surface area contributed by atoms with E-state index in [0.29, 0.717) is 18.3 Å². The lowest BCUT2D eigenvalue weighted by Crippen LogP contribution is -2.43. The number of carbonyl (C=O) groups excluding carboxylic acids is 1. The van der Waals surface area contributed by atoms with Crippen molar-refractivity contribution < 1.29 is 14.7 Å². The normalized spacial score (nSPS) is 20.2. The number of amides is 1. The van der Waals surface area contributed by atoms with E-state index in [9.17, 15) is 9.59 Å². The van der Waals surface area contributed by atoms with E-state index in [1.54, 1.807) is 0 Å². The highest BCUT2D eigenvalue weighted by Gasteiger charge is 2.39. The predicted molar refractivity (Wildman–Crippen MR) is 73.6 cm³/mol. The zero-order valence-corrected chi connectivity index (χ0v) is 11.5. The standard InChI is InChI=1S/C15H20N2O3/c18-13(19)9-15(6-2-7-15)10-16-14(20)12-3-1-8-17(12)11-4-5-11/h1,3,8,11H,2,4-7,9-10H2,(H,16,20)(H,18,19). The van der Waals surface area contributed by atoms with Crippen LogP contribution in [0.15, 0.2) is 18.3 Å². The van der Waals surface area contributed by atoms with Crippen molar-refractivity contribution in [3.63, 3.8) is 0 Å². The average Bonchev–Trinajstić information content (AvgIpc) is 3.09. The number of nitrogens with zero attached hydrogens (tertiary/aromatic N) is 1. The quantitative estimate of drug-likeness (QED) is 0.836. The topological polar surface area (TPSA) is 71.3 Å². The Balaban J connectivity index is 1.61. The van der Waals surface area contributed by atoms with Gasteiger partial charge in [0, 0.05) is 18.8 Å². The van der Waals surface area contributed by atoms with E-state index in [-0.39, 0.29) is 17.7 Å². The van der Waals surface area contributed by atoms with Crippen LogP contribution in [-0.2, 0) is 4.79 Å². The third kappa shape index (κ3) is 2.57. The molecule has 1 heterocycles. The van der Waals surface area contributed by atoms with Gasteiger partial charge in [-0.05, 0) is 43.2 Å². The molecule has 5 nitrogen and oxygen atoms in total. The summed E-state index contributed by atoms with van der Waals surface area (Å²) in [6.45, 7) is 0.466. The molecule has 0 spiro atoms. The van der Waals surface area contributed by atoms with Crippen molar-refractivity contribution in [2.75, 3.05) is 6.54 Å². The Hall–Kier alpha value is -1.78. The molecule has 1 aromatic rings. The maximum atomic E-state index is 12.3. The van der Waals surface area contributed by atoms with E-state index in [2.05, 4.69) is 5.32 Å². The highest BCUT2D eigenvalue weighted by molar-refractivity contribution is 5.92. The molecule has 20 heavy (non-hydrogen) atoms. The van der Waals surface area contributed by atoms with Crippen molar-refractivity contribution in [2.45, 2.75) is 44.6 Å². The number of aromatic nitrogens is 1. The first kappa shape index (κ1) is 13.2. The first-order chi connectivity index (χ1) is 9.60. The van der Waals surface area contributed by atoms with Gasteiger partial charge in [-0.3, -0.25) is 9.59 Å². The zero-order chi connectivity index (χ0) is 14.2. The van der Waals surface area contributed by atoms with Crippen LogP contribution in [0.2, 0.25) is 0 Å². The van der Waals surface area contributed by atoms with Crippen LogP contribution in [0.5, 0.6) is 0 Å². The fourth-order valence-corrected chi connectivity index (χ4v) is 3.03. The van der Waals surface area contributed by atoms with Crippen LogP contribution >= 0.6 is 0 Å². The van der Waals surface area contributed by atoms with Crippen molar-refractivity contribution in [3.8, 4) is 0 Å². The molecule has 0 aliphatic heterocycles. The molecule has 0 bridgehead atoms. The van der Waals surface area contributed by atoms with Crippen molar-refractivity contribution >= 4 is 11.9 Å². The third-order valence-electron chi connectivity index (χ3n) is 4.52. The van der Waals surface area contributed by atoms with Gasteiger partial charge in [-0.25, -0.2) is 0 Å². The van der Waals surface area contributed by atoms with E-state index < -0.39 is 5.97 Å². The average molecular weight is 276 g/mol. The molecule has 0 unspecified atom stereocenters. The van der Waals surface area contributed by atoms with Crippen molar-refractivity contribution in [3.05, 3.63) is 24.0 Å². The molecule has 2 fully saturated rings. The first-order valence-corrected chi connectivity index (χ1v) is 7.27. The van der Waals surface area contributed by atoms with Gasteiger partial charge in [0.05, 0.1) is 6.42 Å². The number of nitrogens with one attached hydrogen (secondary N) is 1. The molecule has 2 aliphatic carbocycles. The molecular formula is C15H20N2O3. The second-order valence-electron chi connectivity index (χ2n) is 6.14. The Morgan fingerprint density at radius 3 is 2.70 bits per heavy atom. The monoisotopic (exact) mass is 276 g/mol. The first-order valence-electron chi connectivity index (χ1n) is 7.27. The lowest BCUT2D eigenvalue weighted by molar-refractivity contribution is -0.141. The smallest absolute Gasteiger partial charge is 0.303 e. The maximum absolute atomic E-state index is 12.3. The highest BCUT2D eigenvalue weighted by Crippen LogP contribution is 2.43. The van der Waals surface area contributed by atoms with Gasteiger partial charge in [-0.2, -0.15) is 0 Å². The van der Waals surface area contributed by atoms with Crippen LogP contribution in [-0.4, -0.2) is 28.1 Å². The number of hydrogen-bond donors (Lipinski definition) is 2. The Morgan fingerprint density at radius 2 is 2.15 bits per heavy atom. The van der Waals surface area contributed by atoms with Crippen molar-refractivity contribution in [1.82, 2.24) is 9.88 Å². The molecule has 2 saturated carbocycles. The summed E-state index contributed by atoms with van der Waals surface area (Å²) in [7, 11) is 0. The minimum Gasteiger partial charge on any atom is -0.481 e. The molecule has 5 heteroatoms. The molecular weight excluding hydrogens is 256 g/mol. The predicted octanol–water partition coefficient (Wildman–Crippen LogP) is 2.20. The minimum absolute atomic E-state index is 0.0847. The van der Waals surface area contributed by atoms with Crippen LogP contribution < -0.4 is 5.32 Å². The Morgan fingerprint density at radius 1 is 1.40 bits per heavy atom. The summed E-state index contributed by atoms with van der Waals surface area (Å²) in [6.07, 6.45) is 7.21. The van der Waals surface area contributed by atoms with Crippen LogP contribution in [0.4, 0.5) is 0 Å². The van der Waals surface area contributed by atoms with Gasteiger partial charge in [0.1, 0.15) is 5.69 Å². The van der Waals surface area contributed by atoms with Gasteiger partial charge in [-0.15, -0.1) is 0 Å². The SMILES string of the molecule is O=C(O)CC1(CNC(=O)c2cccn2C2CC2)CCC1. The van der Waals surface area contributed by atoms with Crippen LogP contribution in [0.1, 0.15) is 55.1 Å². The number of hydrogen-bond acceptors (Lipinski definition) is 2. The van der Waals surface area contributed by atoms with E-state index in [0.717, 1.165) is 32.1 Å². The molecule has 0 saturated heterocycles. The fourth-order valence-electron chi connectivity index (χ4n) is 3.03. The summed E-state index contributed by atoms with van der Waals surface area (Å²) < 4.78 is 2.03. The van der Waals surface area contributed by atoms with Crippen molar-refractivity contribution in [2.24, 2.45) is 5.41 Å². The second-order valence-corrected chi connectivity index (χ2v) is 6.14. The van der Waals surface area contributed by atoms with Crippen LogP contribution in [0.25, 0.3) is 0 Å². The van der Waals surface area contributed by atoms with E-state index in [1.807, 2.05) is 22.9 Å². The molecule has 1 amide bonds. The summed E-state index contributed by atoms with van der Waals surface area (Å²) in [4.78, 5) is 23.2. The number of carbonyl (C=O) groups is 2. The molecule has 108 valence electrons. The van der Waals surface area contributed by atoms with E-state index in [1.165, 1.54) is 0 Å². The largest absolute Gasteiger partial charge is 0.481 e. The molecule has 0 atom stereocenters. The minimum atomic E-state index is -0.777.